The molecule has 136 valence electrons. The fourth-order valence-corrected chi connectivity index (χ4v) is 4.42. The highest BCUT2D eigenvalue weighted by molar-refractivity contribution is 5.91. The average Bonchev–Trinajstić information content (AvgIpc) is 2.66. The predicted molar refractivity (Wildman–Crippen MR) is 98.6 cm³/mol. The number of nitrogens with zero attached hydrogens (tertiary/aromatic N) is 1. The number of ether oxygens (including phenoxy) is 1. The molecule has 0 amide bonds. The second-order valence-electron chi connectivity index (χ2n) is 7.18. The van der Waals surface area contributed by atoms with E-state index in [2.05, 4.69) is 10.3 Å². The number of carbonyl (C=O) groups is 1. The first-order chi connectivity index (χ1) is 12.6. The highest BCUT2D eigenvalue weighted by Gasteiger charge is 2.38. The largest absolute Gasteiger partial charge is 0.461 e. The molecule has 3 aliphatic carbocycles. The number of benzene rings is 1. The molecule has 0 unspecified atom stereocenters. The van der Waals surface area contributed by atoms with Gasteiger partial charge in [-0.25, -0.2) is 14.2 Å². The van der Waals surface area contributed by atoms with Crippen LogP contribution in [0.2, 0.25) is 0 Å². The molecule has 5 heteroatoms. The van der Waals surface area contributed by atoms with E-state index in [1.54, 1.807) is 32.2 Å². The molecule has 26 heavy (non-hydrogen) atoms. The molecule has 1 N–H and O–H groups in total. The summed E-state index contributed by atoms with van der Waals surface area (Å²) >= 11 is 0. The summed E-state index contributed by atoms with van der Waals surface area (Å²) in [6, 6.07) is 5.31. The quantitative estimate of drug-likeness (QED) is 0.766. The molecule has 0 aliphatic heterocycles. The lowest BCUT2D eigenvalue weighted by atomic mass is 9.66. The smallest absolute Gasteiger partial charge is 0.357 e. The van der Waals surface area contributed by atoms with Gasteiger partial charge in [-0.1, -0.05) is 12.1 Å². The molecule has 5 rings (SSSR count). The van der Waals surface area contributed by atoms with Crippen molar-refractivity contribution in [3.05, 3.63) is 52.6 Å². The van der Waals surface area contributed by atoms with Crippen LogP contribution in [0.3, 0.4) is 0 Å². The molecule has 0 atom stereocenters. The van der Waals surface area contributed by atoms with Crippen LogP contribution in [0.1, 0.15) is 71.6 Å². The van der Waals surface area contributed by atoms with E-state index in [1.807, 2.05) is 6.07 Å². The minimum absolute atomic E-state index is 0.253. The van der Waals surface area contributed by atoms with E-state index in [0.29, 0.717) is 35.4 Å². The molecular weight excluding hydrogens is 331 g/mol. The Bertz CT molecular complexity index is 857. The van der Waals surface area contributed by atoms with Gasteiger partial charge in [-0.2, -0.15) is 0 Å². The first-order valence-corrected chi connectivity index (χ1v) is 9.32. The van der Waals surface area contributed by atoms with Crippen molar-refractivity contribution < 1.29 is 13.9 Å². The van der Waals surface area contributed by atoms with Gasteiger partial charge in [-0.15, -0.1) is 0 Å². The number of anilines is 2. The summed E-state index contributed by atoms with van der Waals surface area (Å²) in [6.45, 7) is 3.88. The lowest BCUT2D eigenvalue weighted by Crippen LogP contribution is -2.27. The van der Waals surface area contributed by atoms with Crippen molar-refractivity contribution in [2.24, 2.45) is 0 Å². The highest BCUT2D eigenvalue weighted by atomic mass is 19.1. The van der Waals surface area contributed by atoms with E-state index in [4.69, 9.17) is 4.74 Å². The molecule has 2 bridgehead atoms. The van der Waals surface area contributed by atoms with E-state index in [-0.39, 0.29) is 11.8 Å². The summed E-state index contributed by atoms with van der Waals surface area (Å²) in [5.74, 6) is 0.119. The van der Waals surface area contributed by atoms with Crippen molar-refractivity contribution in [3.63, 3.8) is 0 Å². The zero-order valence-electron chi connectivity index (χ0n) is 15.1. The Kier molecular flexibility index (Phi) is 4.39. The third-order valence-electron chi connectivity index (χ3n) is 5.63. The van der Waals surface area contributed by atoms with Gasteiger partial charge in [0, 0.05) is 0 Å². The van der Waals surface area contributed by atoms with Crippen molar-refractivity contribution >= 4 is 17.3 Å². The number of carbonyl (C=O) groups excluding carboxylic acids is 1. The monoisotopic (exact) mass is 354 g/mol. The fraction of sp³-hybridized carbons (Fsp3) is 0.429. The summed E-state index contributed by atoms with van der Waals surface area (Å²) in [5.41, 5.74) is 4.44. The van der Waals surface area contributed by atoms with E-state index < -0.39 is 0 Å². The van der Waals surface area contributed by atoms with E-state index >= 15 is 0 Å². The molecular formula is C21H23FN2O2. The maximum absolute atomic E-state index is 14.5. The van der Waals surface area contributed by atoms with Crippen molar-refractivity contribution in [2.45, 2.75) is 51.4 Å². The number of nitrogens with one attached hydrogen (secondary N) is 1. The standard InChI is InChI=1S/C21H23FN2O2/c1-3-26-21(25)20-18-14-9-7-13(8-10-14)17(18)16(11-23-20)24-15-6-4-5-12(2)19(15)22/h4-6,11,13-14,24H,3,7-10H2,1-2H3. The second kappa shape index (κ2) is 6.71. The Hall–Kier alpha value is -2.43. The molecule has 0 spiro atoms. The van der Waals surface area contributed by atoms with Gasteiger partial charge in [-0.3, -0.25) is 0 Å². The third kappa shape index (κ3) is 2.75. The van der Waals surface area contributed by atoms with Crippen LogP contribution in [0, 0.1) is 12.7 Å². The lowest BCUT2D eigenvalue weighted by Gasteiger charge is -2.40. The van der Waals surface area contributed by atoms with Gasteiger partial charge in [0.1, 0.15) is 5.82 Å². The number of fused-ring (bicyclic) bond motifs is 2. The van der Waals surface area contributed by atoms with Gasteiger partial charge in [0.2, 0.25) is 0 Å². The molecule has 0 radical (unpaired) electrons. The molecule has 4 nitrogen and oxygen atoms in total. The summed E-state index contributed by atoms with van der Waals surface area (Å²) < 4.78 is 19.7. The van der Waals surface area contributed by atoms with Gasteiger partial charge in [0.15, 0.2) is 5.69 Å². The SMILES string of the molecule is CCOC(=O)c1ncc(Nc2cccc(C)c2F)c2c1C1CCC2CC1. The van der Waals surface area contributed by atoms with Crippen LogP contribution in [-0.4, -0.2) is 17.6 Å². The number of hydrogen-bond donors (Lipinski definition) is 1. The summed E-state index contributed by atoms with van der Waals surface area (Å²) in [6.07, 6.45) is 6.03. The van der Waals surface area contributed by atoms with Gasteiger partial charge in [0.05, 0.1) is 24.2 Å². The lowest BCUT2D eigenvalue weighted by molar-refractivity contribution is 0.0516. The second-order valence-corrected chi connectivity index (χ2v) is 7.18. The van der Waals surface area contributed by atoms with Crippen LogP contribution in [0.15, 0.2) is 24.4 Å². The van der Waals surface area contributed by atoms with Gasteiger partial charge in [0.25, 0.3) is 0 Å². The summed E-state index contributed by atoms with van der Waals surface area (Å²) in [5, 5.41) is 3.23. The number of rotatable bonds is 4. The van der Waals surface area contributed by atoms with Crippen LogP contribution < -0.4 is 5.32 Å². The highest BCUT2D eigenvalue weighted by Crippen LogP contribution is 2.52. The number of aryl methyl sites for hydroxylation is 1. The van der Waals surface area contributed by atoms with Crippen LogP contribution in [0.5, 0.6) is 0 Å². The molecule has 3 aliphatic rings. The average molecular weight is 354 g/mol. The molecule has 1 saturated carbocycles. The molecule has 1 heterocycles. The van der Waals surface area contributed by atoms with Crippen molar-refractivity contribution in [1.82, 2.24) is 4.98 Å². The van der Waals surface area contributed by atoms with Crippen LogP contribution in [-0.2, 0) is 4.74 Å². The summed E-state index contributed by atoms with van der Waals surface area (Å²) in [4.78, 5) is 16.8. The molecule has 1 aromatic heterocycles. The Morgan fingerprint density at radius 2 is 1.88 bits per heavy atom. The van der Waals surface area contributed by atoms with Gasteiger partial charge >= 0.3 is 5.97 Å². The first-order valence-electron chi connectivity index (χ1n) is 9.32. The van der Waals surface area contributed by atoms with Gasteiger partial charge in [-0.05, 0) is 74.1 Å². The number of halogens is 1. The summed E-state index contributed by atoms with van der Waals surface area (Å²) in [7, 11) is 0. The van der Waals surface area contributed by atoms with Gasteiger partial charge < -0.3 is 10.1 Å². The number of aromatic nitrogens is 1. The Morgan fingerprint density at radius 3 is 2.58 bits per heavy atom. The number of hydrogen-bond acceptors (Lipinski definition) is 4. The van der Waals surface area contributed by atoms with E-state index in [1.165, 1.54) is 0 Å². The van der Waals surface area contributed by atoms with Crippen molar-refractivity contribution in [3.8, 4) is 0 Å². The molecule has 1 fully saturated rings. The number of pyridine rings is 1. The minimum atomic E-state index is -0.357. The van der Waals surface area contributed by atoms with E-state index in [9.17, 15) is 9.18 Å². The van der Waals surface area contributed by atoms with Crippen LogP contribution in [0.25, 0.3) is 0 Å². The number of esters is 1. The maximum atomic E-state index is 14.5. The molecule has 1 aromatic carbocycles. The minimum Gasteiger partial charge on any atom is -0.461 e. The Balaban J connectivity index is 1.81. The Morgan fingerprint density at radius 1 is 1.19 bits per heavy atom. The van der Waals surface area contributed by atoms with E-state index in [0.717, 1.165) is 42.5 Å². The first kappa shape index (κ1) is 17.0. The fourth-order valence-electron chi connectivity index (χ4n) is 4.42. The normalized spacial score (nSPS) is 20.6. The molecule has 0 saturated heterocycles. The Labute approximate surface area is 152 Å². The van der Waals surface area contributed by atoms with Crippen LogP contribution in [0.4, 0.5) is 15.8 Å². The molecule has 2 aromatic rings. The van der Waals surface area contributed by atoms with Crippen molar-refractivity contribution in [2.75, 3.05) is 11.9 Å². The predicted octanol–water partition coefficient (Wildman–Crippen LogP) is 5.20. The van der Waals surface area contributed by atoms with Crippen LogP contribution >= 0.6 is 0 Å². The third-order valence-corrected chi connectivity index (χ3v) is 5.63. The zero-order valence-corrected chi connectivity index (χ0v) is 15.1. The zero-order chi connectivity index (χ0) is 18.3. The maximum Gasteiger partial charge on any atom is 0.357 e. The van der Waals surface area contributed by atoms with Crippen molar-refractivity contribution in [1.29, 1.82) is 0 Å². The topological polar surface area (TPSA) is 51.2 Å².